The third-order valence-corrected chi connectivity index (χ3v) is 2.65. The Labute approximate surface area is 114 Å². The molecular formula is C14H23N3O2. The molecule has 5 nitrogen and oxygen atoms in total. The Morgan fingerprint density at radius 3 is 2.47 bits per heavy atom. The quantitative estimate of drug-likeness (QED) is 0.741. The lowest BCUT2D eigenvalue weighted by Crippen LogP contribution is -2.32. The summed E-state index contributed by atoms with van der Waals surface area (Å²) in [6, 6.07) is 7.64. The summed E-state index contributed by atoms with van der Waals surface area (Å²) in [7, 11) is 5.61. The fraction of sp³-hybridized carbons (Fsp3) is 0.500. The maximum absolute atomic E-state index is 11.5. The van der Waals surface area contributed by atoms with E-state index in [0.29, 0.717) is 19.5 Å². The van der Waals surface area contributed by atoms with Crippen molar-refractivity contribution in [1.82, 2.24) is 10.2 Å². The summed E-state index contributed by atoms with van der Waals surface area (Å²) in [6.07, 6.45) is 0.472. The Morgan fingerprint density at radius 1 is 1.21 bits per heavy atom. The Morgan fingerprint density at radius 2 is 1.89 bits per heavy atom. The van der Waals surface area contributed by atoms with Crippen LogP contribution in [0, 0.1) is 0 Å². The lowest BCUT2D eigenvalue weighted by Gasteiger charge is -2.11. The molecule has 1 amide bonds. The van der Waals surface area contributed by atoms with Crippen LogP contribution in [0.15, 0.2) is 24.3 Å². The first-order valence-electron chi connectivity index (χ1n) is 6.41. The topological polar surface area (TPSA) is 53.6 Å². The van der Waals surface area contributed by atoms with Crippen molar-refractivity contribution in [3.63, 3.8) is 0 Å². The fourth-order valence-corrected chi connectivity index (χ4v) is 1.54. The summed E-state index contributed by atoms with van der Waals surface area (Å²) >= 11 is 0. The molecule has 0 heterocycles. The van der Waals surface area contributed by atoms with Crippen LogP contribution in [-0.2, 0) is 4.79 Å². The molecule has 0 unspecified atom stereocenters. The van der Waals surface area contributed by atoms with E-state index < -0.39 is 0 Å². The third-order valence-electron chi connectivity index (χ3n) is 2.65. The molecule has 0 fully saturated rings. The van der Waals surface area contributed by atoms with Crippen molar-refractivity contribution in [3.05, 3.63) is 24.3 Å². The van der Waals surface area contributed by atoms with E-state index in [1.807, 2.05) is 43.3 Å². The minimum absolute atomic E-state index is 0.0721. The van der Waals surface area contributed by atoms with E-state index in [1.54, 1.807) is 7.11 Å². The van der Waals surface area contributed by atoms with E-state index in [9.17, 15) is 4.79 Å². The molecule has 5 heteroatoms. The van der Waals surface area contributed by atoms with E-state index in [2.05, 4.69) is 10.6 Å². The molecule has 0 aliphatic rings. The maximum Gasteiger partial charge on any atom is 0.221 e. The highest BCUT2D eigenvalue weighted by atomic mass is 16.5. The van der Waals surface area contributed by atoms with Gasteiger partial charge in [0.25, 0.3) is 0 Å². The molecule has 0 saturated heterocycles. The monoisotopic (exact) mass is 265 g/mol. The van der Waals surface area contributed by atoms with Crippen LogP contribution in [0.4, 0.5) is 5.69 Å². The molecule has 0 bridgehead atoms. The van der Waals surface area contributed by atoms with Gasteiger partial charge in [0, 0.05) is 31.7 Å². The fourth-order valence-electron chi connectivity index (χ4n) is 1.54. The van der Waals surface area contributed by atoms with Gasteiger partial charge in [-0.1, -0.05) is 0 Å². The second-order valence-corrected chi connectivity index (χ2v) is 4.56. The molecule has 1 aromatic rings. The predicted octanol–water partition coefficient (Wildman–Crippen LogP) is 1.17. The van der Waals surface area contributed by atoms with E-state index in [-0.39, 0.29) is 5.91 Å². The van der Waals surface area contributed by atoms with Crippen LogP contribution in [0.25, 0.3) is 0 Å². The second kappa shape index (κ2) is 8.37. The number of amides is 1. The highest BCUT2D eigenvalue weighted by Crippen LogP contribution is 2.14. The van der Waals surface area contributed by atoms with Crippen LogP contribution >= 0.6 is 0 Å². The molecular weight excluding hydrogens is 242 g/mol. The summed E-state index contributed by atoms with van der Waals surface area (Å²) in [4.78, 5) is 13.6. The highest BCUT2D eigenvalue weighted by molar-refractivity contribution is 5.76. The number of carbonyl (C=O) groups is 1. The number of hydrogen-bond donors (Lipinski definition) is 2. The van der Waals surface area contributed by atoms with Gasteiger partial charge in [-0.25, -0.2) is 0 Å². The van der Waals surface area contributed by atoms with Crippen molar-refractivity contribution < 1.29 is 9.53 Å². The van der Waals surface area contributed by atoms with Crippen molar-refractivity contribution in [2.24, 2.45) is 0 Å². The Balaban J connectivity index is 2.16. The Kier molecular flexibility index (Phi) is 6.74. The molecule has 19 heavy (non-hydrogen) atoms. The molecule has 0 aromatic heterocycles. The number of likely N-dealkylation sites (N-methyl/N-ethyl adjacent to an activating group) is 1. The van der Waals surface area contributed by atoms with Crippen molar-refractivity contribution in [2.75, 3.05) is 46.2 Å². The molecule has 0 atom stereocenters. The van der Waals surface area contributed by atoms with Crippen LogP contribution in [0.1, 0.15) is 6.42 Å². The van der Waals surface area contributed by atoms with Gasteiger partial charge >= 0.3 is 0 Å². The average Bonchev–Trinajstić information content (AvgIpc) is 2.39. The summed E-state index contributed by atoms with van der Waals surface area (Å²) in [6.45, 7) is 2.17. The first-order chi connectivity index (χ1) is 9.11. The van der Waals surface area contributed by atoms with Crippen LogP contribution in [0.2, 0.25) is 0 Å². The van der Waals surface area contributed by atoms with Gasteiger partial charge in [0.15, 0.2) is 0 Å². The van der Waals surface area contributed by atoms with Gasteiger partial charge in [-0.3, -0.25) is 4.79 Å². The maximum atomic E-state index is 11.5. The number of carbonyl (C=O) groups excluding carboxylic acids is 1. The van der Waals surface area contributed by atoms with E-state index in [1.165, 1.54) is 0 Å². The number of anilines is 1. The molecule has 0 radical (unpaired) electrons. The molecule has 0 saturated carbocycles. The lowest BCUT2D eigenvalue weighted by atomic mass is 10.3. The predicted molar refractivity (Wildman–Crippen MR) is 77.7 cm³/mol. The minimum Gasteiger partial charge on any atom is -0.497 e. The van der Waals surface area contributed by atoms with Crippen molar-refractivity contribution >= 4 is 11.6 Å². The summed E-state index contributed by atoms with van der Waals surface area (Å²) in [5.74, 6) is 0.898. The molecule has 1 aromatic carbocycles. The van der Waals surface area contributed by atoms with E-state index in [0.717, 1.165) is 18.0 Å². The van der Waals surface area contributed by atoms with Gasteiger partial charge in [-0.05, 0) is 38.4 Å². The molecule has 106 valence electrons. The number of nitrogens with zero attached hydrogens (tertiary/aromatic N) is 1. The Bertz CT molecular complexity index is 377. The second-order valence-electron chi connectivity index (χ2n) is 4.56. The zero-order valence-electron chi connectivity index (χ0n) is 11.9. The third kappa shape index (κ3) is 6.67. The molecule has 1 rings (SSSR count). The van der Waals surface area contributed by atoms with Gasteiger partial charge in [-0.2, -0.15) is 0 Å². The van der Waals surface area contributed by atoms with Gasteiger partial charge in [0.1, 0.15) is 5.75 Å². The smallest absolute Gasteiger partial charge is 0.221 e. The van der Waals surface area contributed by atoms with E-state index >= 15 is 0 Å². The van der Waals surface area contributed by atoms with E-state index in [4.69, 9.17) is 4.74 Å². The van der Waals surface area contributed by atoms with Gasteiger partial charge in [-0.15, -0.1) is 0 Å². The molecule has 2 N–H and O–H groups in total. The molecule has 0 aliphatic carbocycles. The lowest BCUT2D eigenvalue weighted by molar-refractivity contribution is -0.120. The van der Waals surface area contributed by atoms with Crippen molar-refractivity contribution in [1.29, 1.82) is 0 Å². The number of methoxy groups -OCH3 is 1. The number of hydrogen-bond acceptors (Lipinski definition) is 4. The zero-order chi connectivity index (χ0) is 14.1. The summed E-state index contributed by atoms with van der Waals surface area (Å²) < 4.78 is 5.08. The SMILES string of the molecule is COc1ccc(NCCC(=O)NCCN(C)C)cc1. The molecule has 0 aliphatic heterocycles. The Hall–Kier alpha value is -1.75. The number of rotatable bonds is 8. The molecule has 0 spiro atoms. The zero-order valence-corrected chi connectivity index (χ0v) is 11.9. The average molecular weight is 265 g/mol. The number of nitrogens with one attached hydrogen (secondary N) is 2. The summed E-state index contributed by atoms with van der Waals surface area (Å²) in [5, 5.41) is 6.08. The van der Waals surface area contributed by atoms with Gasteiger partial charge in [0.2, 0.25) is 5.91 Å². The highest BCUT2D eigenvalue weighted by Gasteiger charge is 2.01. The van der Waals surface area contributed by atoms with Gasteiger partial charge < -0.3 is 20.3 Å². The van der Waals surface area contributed by atoms with Crippen LogP contribution in [0.3, 0.4) is 0 Å². The largest absolute Gasteiger partial charge is 0.497 e. The summed E-state index contributed by atoms with van der Waals surface area (Å²) in [5.41, 5.74) is 0.988. The van der Waals surface area contributed by atoms with Crippen LogP contribution in [-0.4, -0.2) is 51.6 Å². The minimum atomic E-state index is 0.0721. The van der Waals surface area contributed by atoms with Crippen LogP contribution < -0.4 is 15.4 Å². The first-order valence-corrected chi connectivity index (χ1v) is 6.41. The number of benzene rings is 1. The van der Waals surface area contributed by atoms with Crippen molar-refractivity contribution in [3.8, 4) is 5.75 Å². The van der Waals surface area contributed by atoms with Gasteiger partial charge in [0.05, 0.1) is 7.11 Å². The van der Waals surface area contributed by atoms with Crippen LogP contribution in [0.5, 0.6) is 5.75 Å². The van der Waals surface area contributed by atoms with Crippen molar-refractivity contribution in [2.45, 2.75) is 6.42 Å². The number of ether oxygens (including phenoxy) is 1. The normalized spacial score (nSPS) is 10.3. The standard InChI is InChI=1S/C14H23N3O2/c1-17(2)11-10-16-14(18)8-9-15-12-4-6-13(19-3)7-5-12/h4-7,15H,8-11H2,1-3H3,(H,16,18). The first kappa shape index (κ1) is 15.3.